The summed E-state index contributed by atoms with van der Waals surface area (Å²) in [4.78, 5) is 26.1. The van der Waals surface area contributed by atoms with Gasteiger partial charge in [0.1, 0.15) is 6.10 Å². The van der Waals surface area contributed by atoms with Gasteiger partial charge >= 0.3 is 5.97 Å². The van der Waals surface area contributed by atoms with Gasteiger partial charge in [0.15, 0.2) is 6.10 Å². The first-order chi connectivity index (χ1) is 9.99. The van der Waals surface area contributed by atoms with Crippen molar-refractivity contribution in [2.24, 2.45) is 0 Å². The number of hydrogen-bond acceptors (Lipinski definition) is 5. The number of carbonyl (C=O) groups is 2. The van der Waals surface area contributed by atoms with Gasteiger partial charge in [0.2, 0.25) is 5.91 Å². The van der Waals surface area contributed by atoms with Gasteiger partial charge in [0.25, 0.3) is 0 Å². The number of nitrogens with zero attached hydrogens (tertiary/aromatic N) is 1. The van der Waals surface area contributed by atoms with Gasteiger partial charge in [0.05, 0.1) is 6.04 Å². The quantitative estimate of drug-likeness (QED) is 0.822. The van der Waals surface area contributed by atoms with Crippen LogP contribution in [0.5, 0.6) is 0 Å². The van der Waals surface area contributed by atoms with Gasteiger partial charge in [-0.1, -0.05) is 6.07 Å². The topological polar surface area (TPSA) is 78.9 Å². The molecule has 1 aliphatic rings. The molecule has 1 fully saturated rings. The van der Waals surface area contributed by atoms with E-state index in [9.17, 15) is 9.59 Å². The van der Waals surface area contributed by atoms with E-state index in [-0.39, 0.29) is 11.9 Å². The third-order valence-electron chi connectivity index (χ3n) is 3.55. The Hall–Kier alpha value is -1.44. The van der Waals surface area contributed by atoms with Crippen molar-refractivity contribution in [3.63, 3.8) is 0 Å². The normalized spacial score (nSPS) is 23.2. The molecule has 0 bridgehead atoms. The molecule has 2 rings (SSSR count). The fraction of sp³-hybridized carbons (Fsp3) is 0.571. The van der Waals surface area contributed by atoms with Crippen molar-refractivity contribution in [2.45, 2.75) is 31.1 Å². The molecule has 1 aromatic heterocycles. The van der Waals surface area contributed by atoms with Gasteiger partial charge in [-0.15, -0.1) is 11.3 Å². The van der Waals surface area contributed by atoms with E-state index in [1.165, 1.54) is 4.88 Å². The zero-order valence-electron chi connectivity index (χ0n) is 12.1. The molecule has 0 aromatic carbocycles. The number of aliphatic carboxylic acids is 1. The lowest BCUT2D eigenvalue weighted by Crippen LogP contribution is -2.40. The Morgan fingerprint density at radius 3 is 2.71 bits per heavy atom. The Balaban J connectivity index is 1.87. The molecule has 2 heterocycles. The molecule has 0 radical (unpaired) electrons. The Morgan fingerprint density at radius 1 is 1.48 bits per heavy atom. The maximum Gasteiger partial charge on any atom is 0.332 e. The fourth-order valence-electron chi connectivity index (χ4n) is 2.34. The van der Waals surface area contributed by atoms with Crippen LogP contribution in [-0.2, 0) is 14.3 Å². The van der Waals surface area contributed by atoms with Gasteiger partial charge < -0.3 is 20.1 Å². The SMILES string of the molecule is CN(C)C(CNC(=O)C1CCC(C(=O)O)O1)c1cccs1. The van der Waals surface area contributed by atoms with Crippen LogP contribution in [-0.4, -0.2) is 54.7 Å². The molecular formula is C14H20N2O4S. The summed E-state index contributed by atoms with van der Waals surface area (Å²) in [5.41, 5.74) is 0. The second-order valence-corrected chi connectivity index (χ2v) is 6.25. The van der Waals surface area contributed by atoms with Gasteiger partial charge in [-0.2, -0.15) is 0 Å². The highest BCUT2D eigenvalue weighted by atomic mass is 32.1. The molecule has 1 aliphatic heterocycles. The Labute approximate surface area is 127 Å². The van der Waals surface area contributed by atoms with Crippen molar-refractivity contribution >= 4 is 23.2 Å². The smallest absolute Gasteiger partial charge is 0.332 e. The second kappa shape index (κ2) is 7.02. The predicted octanol–water partition coefficient (Wildman–Crippen LogP) is 1.10. The van der Waals surface area contributed by atoms with Gasteiger partial charge in [0, 0.05) is 11.4 Å². The first-order valence-electron chi connectivity index (χ1n) is 6.85. The summed E-state index contributed by atoms with van der Waals surface area (Å²) >= 11 is 1.65. The summed E-state index contributed by atoms with van der Waals surface area (Å²) in [6, 6.07) is 4.12. The first kappa shape index (κ1) is 15.9. The molecule has 3 atom stereocenters. The summed E-state index contributed by atoms with van der Waals surface area (Å²) in [6.45, 7) is 0.476. The van der Waals surface area contributed by atoms with E-state index in [2.05, 4.69) is 5.32 Å². The number of ether oxygens (including phenoxy) is 1. The van der Waals surface area contributed by atoms with E-state index in [0.29, 0.717) is 19.4 Å². The van der Waals surface area contributed by atoms with Crippen molar-refractivity contribution < 1.29 is 19.4 Å². The van der Waals surface area contributed by atoms with E-state index >= 15 is 0 Å². The third-order valence-corrected chi connectivity index (χ3v) is 4.53. The lowest BCUT2D eigenvalue weighted by atomic mass is 10.1. The zero-order chi connectivity index (χ0) is 15.4. The number of likely N-dealkylation sites (N-methyl/N-ethyl adjacent to an activating group) is 1. The van der Waals surface area contributed by atoms with E-state index in [1.54, 1.807) is 11.3 Å². The fourth-order valence-corrected chi connectivity index (χ4v) is 3.26. The number of carboxylic acid groups (broad SMARTS) is 1. The predicted molar refractivity (Wildman–Crippen MR) is 79.3 cm³/mol. The summed E-state index contributed by atoms with van der Waals surface area (Å²) in [5, 5.41) is 13.7. The average Bonchev–Trinajstić information content (AvgIpc) is 3.09. The largest absolute Gasteiger partial charge is 0.479 e. The molecule has 2 N–H and O–H groups in total. The standard InChI is InChI=1S/C14H20N2O4S/c1-16(2)9(12-4-3-7-21-12)8-15-13(17)10-5-6-11(20-10)14(18)19/h3-4,7,9-11H,5-6,8H2,1-2H3,(H,15,17)(H,18,19). The van der Waals surface area contributed by atoms with Crippen LogP contribution in [0.1, 0.15) is 23.8 Å². The van der Waals surface area contributed by atoms with Crippen LogP contribution in [0.25, 0.3) is 0 Å². The van der Waals surface area contributed by atoms with Crippen LogP contribution < -0.4 is 5.32 Å². The van der Waals surface area contributed by atoms with Crippen LogP contribution in [0, 0.1) is 0 Å². The molecule has 7 heteroatoms. The minimum absolute atomic E-state index is 0.102. The molecule has 3 unspecified atom stereocenters. The average molecular weight is 312 g/mol. The highest BCUT2D eigenvalue weighted by molar-refractivity contribution is 7.10. The van der Waals surface area contributed by atoms with Crippen LogP contribution in [0.4, 0.5) is 0 Å². The molecule has 0 saturated carbocycles. The number of nitrogens with one attached hydrogen (secondary N) is 1. The van der Waals surface area contributed by atoms with Crippen molar-refractivity contribution in [3.8, 4) is 0 Å². The maximum absolute atomic E-state index is 12.1. The maximum atomic E-state index is 12.1. The molecular weight excluding hydrogens is 292 g/mol. The Bertz CT molecular complexity index is 489. The third kappa shape index (κ3) is 4.03. The lowest BCUT2D eigenvalue weighted by molar-refractivity contribution is -0.151. The van der Waals surface area contributed by atoms with Crippen molar-refractivity contribution in [1.29, 1.82) is 0 Å². The van der Waals surface area contributed by atoms with Crippen molar-refractivity contribution in [1.82, 2.24) is 10.2 Å². The molecule has 1 aromatic rings. The van der Waals surface area contributed by atoms with E-state index < -0.39 is 18.2 Å². The highest BCUT2D eigenvalue weighted by Crippen LogP contribution is 2.23. The number of rotatable bonds is 6. The van der Waals surface area contributed by atoms with Gasteiger partial charge in [-0.25, -0.2) is 4.79 Å². The van der Waals surface area contributed by atoms with Crippen LogP contribution in [0.3, 0.4) is 0 Å². The Kier molecular flexibility index (Phi) is 5.33. The molecule has 1 saturated heterocycles. The molecule has 0 spiro atoms. The molecule has 0 aliphatic carbocycles. The van der Waals surface area contributed by atoms with Crippen LogP contribution in [0.2, 0.25) is 0 Å². The first-order valence-corrected chi connectivity index (χ1v) is 7.73. The molecule has 21 heavy (non-hydrogen) atoms. The monoisotopic (exact) mass is 312 g/mol. The summed E-state index contributed by atoms with van der Waals surface area (Å²) in [7, 11) is 3.92. The number of carbonyl (C=O) groups excluding carboxylic acids is 1. The minimum atomic E-state index is -1.00. The number of hydrogen-bond donors (Lipinski definition) is 2. The lowest BCUT2D eigenvalue weighted by Gasteiger charge is -2.24. The summed E-state index contributed by atoms with van der Waals surface area (Å²) < 4.78 is 5.25. The van der Waals surface area contributed by atoms with E-state index in [0.717, 1.165) is 0 Å². The molecule has 6 nitrogen and oxygen atoms in total. The minimum Gasteiger partial charge on any atom is -0.479 e. The second-order valence-electron chi connectivity index (χ2n) is 5.27. The van der Waals surface area contributed by atoms with Crippen LogP contribution in [0.15, 0.2) is 17.5 Å². The van der Waals surface area contributed by atoms with E-state index in [1.807, 2.05) is 36.5 Å². The van der Waals surface area contributed by atoms with E-state index in [4.69, 9.17) is 9.84 Å². The molecule has 116 valence electrons. The van der Waals surface area contributed by atoms with Crippen molar-refractivity contribution in [3.05, 3.63) is 22.4 Å². The number of thiophene rings is 1. The summed E-state index contributed by atoms with van der Waals surface area (Å²) in [6.07, 6.45) is -0.677. The van der Waals surface area contributed by atoms with Gasteiger partial charge in [-0.05, 0) is 38.4 Å². The number of amides is 1. The van der Waals surface area contributed by atoms with Crippen molar-refractivity contribution in [2.75, 3.05) is 20.6 Å². The van der Waals surface area contributed by atoms with Gasteiger partial charge in [-0.3, -0.25) is 4.79 Å². The molecule has 1 amide bonds. The number of carboxylic acids is 1. The van der Waals surface area contributed by atoms with Crippen LogP contribution >= 0.6 is 11.3 Å². The Morgan fingerprint density at radius 2 is 2.19 bits per heavy atom. The summed E-state index contributed by atoms with van der Waals surface area (Å²) in [5.74, 6) is -1.24. The zero-order valence-corrected chi connectivity index (χ0v) is 12.9. The highest BCUT2D eigenvalue weighted by Gasteiger charge is 2.34.